The summed E-state index contributed by atoms with van der Waals surface area (Å²) >= 11 is 0. The van der Waals surface area contributed by atoms with Crippen LogP contribution in [0.1, 0.15) is 80.1 Å². The second-order valence-electron chi connectivity index (χ2n) is 10.1. The van der Waals surface area contributed by atoms with Gasteiger partial charge in [0.25, 0.3) is 0 Å². The first-order valence-electron chi connectivity index (χ1n) is 12.3. The van der Waals surface area contributed by atoms with E-state index in [1.54, 1.807) is 0 Å². The average Bonchev–Trinajstić information content (AvgIpc) is 3.14. The fourth-order valence-corrected chi connectivity index (χ4v) is 5.10. The summed E-state index contributed by atoms with van der Waals surface area (Å²) < 4.78 is 4.75. The van der Waals surface area contributed by atoms with Crippen molar-refractivity contribution in [2.45, 2.75) is 73.6 Å². The summed E-state index contributed by atoms with van der Waals surface area (Å²) in [5.74, 6) is 1.96. The summed E-state index contributed by atoms with van der Waals surface area (Å²) in [4.78, 5) is 5.16. The molecule has 2 heterocycles. The first-order chi connectivity index (χ1) is 15.6. The maximum atomic E-state index is 5.16. The minimum absolute atomic E-state index is 0.421. The van der Waals surface area contributed by atoms with Crippen molar-refractivity contribution in [3.63, 3.8) is 0 Å². The van der Waals surface area contributed by atoms with Crippen molar-refractivity contribution in [1.29, 1.82) is 0 Å². The second kappa shape index (κ2) is 8.78. The Morgan fingerprint density at radius 2 is 1.58 bits per heavy atom. The summed E-state index contributed by atoms with van der Waals surface area (Å²) in [6.07, 6.45) is 3.04. The van der Waals surface area contributed by atoms with Crippen LogP contribution in [0.2, 0.25) is 0 Å². The van der Waals surface area contributed by atoms with Crippen LogP contribution in [0, 0.1) is 20.8 Å². The molecule has 0 bridgehead atoms. The van der Waals surface area contributed by atoms with E-state index in [0.29, 0.717) is 11.8 Å². The number of para-hydroxylation sites is 1. The highest BCUT2D eigenvalue weighted by molar-refractivity contribution is 5.91. The van der Waals surface area contributed by atoms with Gasteiger partial charge in [0.05, 0.1) is 11.3 Å². The molecule has 0 aliphatic carbocycles. The smallest absolute Gasteiger partial charge is 0.239 e. The molecule has 0 saturated carbocycles. The first kappa shape index (κ1) is 23.2. The van der Waals surface area contributed by atoms with Crippen molar-refractivity contribution in [3.05, 3.63) is 76.2 Å². The summed E-state index contributed by atoms with van der Waals surface area (Å²) in [7, 11) is 2.16. The molecule has 0 saturated heterocycles. The SMILES string of the molecule is CCc1nc2cc[n+](C)c(-c3cc(C)cc(C)c3C)c2n1-c1c(C(C)C)cccc1C(C)C. The van der Waals surface area contributed by atoms with Crippen molar-refractivity contribution in [1.82, 2.24) is 9.55 Å². The lowest BCUT2D eigenvalue weighted by molar-refractivity contribution is -0.659. The first-order valence-corrected chi connectivity index (χ1v) is 12.3. The number of pyridine rings is 1. The average molecular weight is 441 g/mol. The van der Waals surface area contributed by atoms with Gasteiger partial charge in [-0.15, -0.1) is 0 Å². The molecule has 0 amide bonds. The summed E-state index contributed by atoms with van der Waals surface area (Å²) in [5, 5.41) is 0. The number of hydrogen-bond acceptors (Lipinski definition) is 1. The minimum atomic E-state index is 0.421. The number of rotatable bonds is 5. The number of imidazole rings is 1. The largest absolute Gasteiger partial charge is 0.290 e. The van der Waals surface area contributed by atoms with E-state index >= 15 is 0 Å². The van der Waals surface area contributed by atoms with Crippen LogP contribution in [0.5, 0.6) is 0 Å². The molecule has 4 rings (SSSR count). The second-order valence-corrected chi connectivity index (χ2v) is 10.1. The van der Waals surface area contributed by atoms with Crippen molar-refractivity contribution in [2.24, 2.45) is 7.05 Å². The molecule has 0 spiro atoms. The van der Waals surface area contributed by atoms with E-state index in [9.17, 15) is 0 Å². The Labute approximate surface area is 199 Å². The van der Waals surface area contributed by atoms with E-state index < -0.39 is 0 Å². The topological polar surface area (TPSA) is 21.7 Å². The van der Waals surface area contributed by atoms with Gasteiger partial charge in [0.1, 0.15) is 23.9 Å². The molecule has 172 valence electrons. The van der Waals surface area contributed by atoms with Gasteiger partial charge in [-0.2, -0.15) is 4.57 Å². The van der Waals surface area contributed by atoms with Gasteiger partial charge >= 0.3 is 0 Å². The van der Waals surface area contributed by atoms with Crippen LogP contribution in [0.3, 0.4) is 0 Å². The maximum absolute atomic E-state index is 5.16. The van der Waals surface area contributed by atoms with Crippen molar-refractivity contribution >= 4 is 11.0 Å². The molecule has 0 atom stereocenters. The van der Waals surface area contributed by atoms with E-state index in [0.717, 1.165) is 17.8 Å². The number of aryl methyl sites for hydroxylation is 4. The van der Waals surface area contributed by atoms with Crippen molar-refractivity contribution in [3.8, 4) is 16.9 Å². The van der Waals surface area contributed by atoms with E-state index in [1.807, 2.05) is 0 Å². The summed E-state index contributed by atoms with van der Waals surface area (Å²) in [6.45, 7) is 18.0. The maximum Gasteiger partial charge on any atom is 0.239 e. The Balaban J connectivity index is 2.24. The van der Waals surface area contributed by atoms with E-state index in [1.165, 1.54) is 50.3 Å². The van der Waals surface area contributed by atoms with E-state index in [2.05, 4.69) is 114 Å². The van der Waals surface area contributed by atoms with Gasteiger partial charge in [-0.1, -0.05) is 64.4 Å². The van der Waals surface area contributed by atoms with Crippen LogP contribution in [0.15, 0.2) is 42.6 Å². The zero-order chi connectivity index (χ0) is 24.0. The zero-order valence-electron chi connectivity index (χ0n) is 21.7. The molecule has 0 aliphatic rings. The van der Waals surface area contributed by atoms with E-state index in [-0.39, 0.29) is 0 Å². The predicted octanol–water partition coefficient (Wildman–Crippen LogP) is 7.25. The van der Waals surface area contributed by atoms with Gasteiger partial charge in [0.15, 0.2) is 6.20 Å². The molecule has 3 heteroatoms. The van der Waals surface area contributed by atoms with Crippen LogP contribution < -0.4 is 4.57 Å². The number of aromatic nitrogens is 3. The molecule has 0 aliphatic heterocycles. The lowest BCUT2D eigenvalue weighted by Gasteiger charge is -2.22. The molecule has 0 unspecified atom stereocenters. The highest BCUT2D eigenvalue weighted by Crippen LogP contribution is 2.38. The third-order valence-corrected chi connectivity index (χ3v) is 6.96. The normalized spacial score (nSPS) is 11.8. The number of nitrogens with zero attached hydrogens (tertiary/aromatic N) is 3. The molecule has 0 radical (unpaired) electrons. The third kappa shape index (κ3) is 3.88. The Bertz CT molecular complexity index is 1310. The Hall–Kier alpha value is -2.94. The highest BCUT2D eigenvalue weighted by atomic mass is 15.1. The van der Waals surface area contributed by atoms with Gasteiger partial charge in [-0.05, 0) is 60.9 Å². The van der Waals surface area contributed by atoms with E-state index in [4.69, 9.17) is 4.98 Å². The molecule has 2 aromatic heterocycles. The third-order valence-electron chi connectivity index (χ3n) is 6.96. The molecule has 2 aromatic carbocycles. The number of benzene rings is 2. The molecule has 4 aromatic rings. The lowest BCUT2D eigenvalue weighted by atomic mass is 9.92. The molecule has 0 fully saturated rings. The van der Waals surface area contributed by atoms with Gasteiger partial charge in [0.2, 0.25) is 5.69 Å². The number of hydrogen-bond donors (Lipinski definition) is 0. The fourth-order valence-electron chi connectivity index (χ4n) is 5.10. The van der Waals surface area contributed by atoms with Crippen LogP contribution in [0.25, 0.3) is 28.0 Å². The molecular formula is C30H38N3+. The summed E-state index contributed by atoms with van der Waals surface area (Å²) in [5.41, 5.74) is 12.8. The highest BCUT2D eigenvalue weighted by Gasteiger charge is 2.27. The molecule has 33 heavy (non-hydrogen) atoms. The van der Waals surface area contributed by atoms with Crippen LogP contribution in [-0.2, 0) is 13.5 Å². The monoisotopic (exact) mass is 440 g/mol. The number of fused-ring (bicyclic) bond motifs is 1. The van der Waals surface area contributed by atoms with Crippen LogP contribution in [-0.4, -0.2) is 9.55 Å². The van der Waals surface area contributed by atoms with Gasteiger partial charge < -0.3 is 0 Å². The van der Waals surface area contributed by atoms with Gasteiger partial charge in [0, 0.05) is 12.5 Å². The fraction of sp³-hybridized carbons (Fsp3) is 0.400. The Morgan fingerprint density at radius 1 is 0.939 bits per heavy atom. The Morgan fingerprint density at radius 3 is 2.15 bits per heavy atom. The van der Waals surface area contributed by atoms with Crippen molar-refractivity contribution < 1.29 is 4.57 Å². The van der Waals surface area contributed by atoms with Gasteiger partial charge in [-0.25, -0.2) is 4.98 Å². The summed E-state index contributed by atoms with van der Waals surface area (Å²) in [6, 6.07) is 13.6. The Kier molecular flexibility index (Phi) is 6.18. The standard InChI is InChI=1S/C30H38N3/c1-10-27-31-26-14-15-32(9)29(25-17-20(6)16-21(7)22(25)8)30(26)33(27)28-23(18(2)3)12-11-13-24(28)19(4)5/h11-19H,10H2,1-9H3/q+1. The van der Waals surface area contributed by atoms with Crippen LogP contribution in [0.4, 0.5) is 0 Å². The van der Waals surface area contributed by atoms with Crippen molar-refractivity contribution in [2.75, 3.05) is 0 Å². The molecular weight excluding hydrogens is 402 g/mol. The van der Waals surface area contributed by atoms with Crippen LogP contribution >= 0.6 is 0 Å². The predicted molar refractivity (Wildman–Crippen MR) is 139 cm³/mol. The quantitative estimate of drug-likeness (QED) is 0.299. The minimum Gasteiger partial charge on any atom is -0.290 e. The zero-order valence-corrected chi connectivity index (χ0v) is 21.7. The molecule has 3 nitrogen and oxygen atoms in total. The molecule has 0 N–H and O–H groups in total. The van der Waals surface area contributed by atoms with Gasteiger partial charge in [-0.3, -0.25) is 4.57 Å². The lowest BCUT2D eigenvalue weighted by Crippen LogP contribution is -2.31.